The van der Waals surface area contributed by atoms with Gasteiger partial charge in [0.2, 0.25) is 11.8 Å². The molecule has 0 atom stereocenters. The third-order valence-corrected chi connectivity index (χ3v) is 4.86. The first kappa shape index (κ1) is 19.2. The lowest BCUT2D eigenvalue weighted by Crippen LogP contribution is -2.19. The highest BCUT2D eigenvalue weighted by Crippen LogP contribution is 2.29. The Bertz CT molecular complexity index is 927. The monoisotopic (exact) mass is 381 g/mol. The van der Waals surface area contributed by atoms with Crippen LogP contribution in [0.3, 0.4) is 0 Å². The molecule has 3 rings (SSSR count). The molecule has 3 aromatic rings. The molecule has 0 aliphatic heterocycles. The van der Waals surface area contributed by atoms with E-state index in [1.54, 1.807) is 0 Å². The Hall–Kier alpha value is -2.60. The third kappa shape index (κ3) is 4.98. The second-order valence-electron chi connectivity index (χ2n) is 7.37. The van der Waals surface area contributed by atoms with Crippen LogP contribution in [0, 0.1) is 6.92 Å². The van der Waals surface area contributed by atoms with Gasteiger partial charge in [-0.25, -0.2) is 0 Å². The second kappa shape index (κ2) is 7.96. The van der Waals surface area contributed by atoms with Gasteiger partial charge in [0.05, 0.1) is 5.75 Å². The summed E-state index contributed by atoms with van der Waals surface area (Å²) in [4.78, 5) is 12.4. The van der Waals surface area contributed by atoms with Gasteiger partial charge in [0.25, 0.3) is 5.22 Å². The number of thioether (sulfide) groups is 1. The second-order valence-corrected chi connectivity index (χ2v) is 8.30. The van der Waals surface area contributed by atoms with E-state index < -0.39 is 0 Å². The molecule has 1 amide bonds. The Balaban J connectivity index is 1.61. The number of rotatable bonds is 5. The van der Waals surface area contributed by atoms with Crippen molar-refractivity contribution in [3.8, 4) is 11.5 Å². The minimum absolute atomic E-state index is 0.0492. The summed E-state index contributed by atoms with van der Waals surface area (Å²) in [6, 6.07) is 15.7. The SMILES string of the molecule is Cc1ccc(-c2nnc(SCC(=O)Nc3ccccc3C(C)(C)C)o2)cc1. The van der Waals surface area contributed by atoms with E-state index in [9.17, 15) is 4.79 Å². The fourth-order valence-corrected chi connectivity index (χ4v) is 3.20. The van der Waals surface area contributed by atoms with Crippen LogP contribution >= 0.6 is 11.8 Å². The number of nitrogens with one attached hydrogen (secondary N) is 1. The molecule has 0 unspecified atom stereocenters. The average molecular weight is 382 g/mol. The van der Waals surface area contributed by atoms with E-state index in [1.165, 1.54) is 17.3 Å². The quantitative estimate of drug-likeness (QED) is 0.625. The van der Waals surface area contributed by atoms with Crippen molar-refractivity contribution in [2.24, 2.45) is 0 Å². The molecule has 140 valence electrons. The van der Waals surface area contributed by atoms with E-state index in [-0.39, 0.29) is 17.1 Å². The van der Waals surface area contributed by atoms with Crippen LogP contribution in [0.2, 0.25) is 0 Å². The number of hydrogen-bond acceptors (Lipinski definition) is 5. The van der Waals surface area contributed by atoms with Gasteiger partial charge in [-0.2, -0.15) is 0 Å². The Morgan fingerprint density at radius 3 is 2.48 bits per heavy atom. The zero-order chi connectivity index (χ0) is 19.4. The summed E-state index contributed by atoms with van der Waals surface area (Å²) < 4.78 is 5.65. The zero-order valence-electron chi connectivity index (χ0n) is 15.9. The Morgan fingerprint density at radius 2 is 1.78 bits per heavy atom. The summed E-state index contributed by atoms with van der Waals surface area (Å²) in [5.74, 6) is 0.552. The molecule has 0 bridgehead atoms. The smallest absolute Gasteiger partial charge is 0.277 e. The van der Waals surface area contributed by atoms with Gasteiger partial charge in [-0.05, 0) is 36.1 Å². The average Bonchev–Trinajstić information content (AvgIpc) is 3.09. The van der Waals surface area contributed by atoms with Gasteiger partial charge in [0.15, 0.2) is 0 Å². The first-order valence-corrected chi connectivity index (χ1v) is 9.74. The predicted molar refractivity (Wildman–Crippen MR) is 109 cm³/mol. The molecule has 0 aliphatic rings. The van der Waals surface area contributed by atoms with Gasteiger partial charge in [0.1, 0.15) is 0 Å². The van der Waals surface area contributed by atoms with E-state index in [0.717, 1.165) is 16.8 Å². The van der Waals surface area contributed by atoms with E-state index >= 15 is 0 Å². The molecule has 0 saturated carbocycles. The van der Waals surface area contributed by atoms with E-state index in [1.807, 2.05) is 55.5 Å². The molecule has 0 spiro atoms. The largest absolute Gasteiger partial charge is 0.411 e. The molecule has 0 saturated heterocycles. The maximum absolute atomic E-state index is 12.4. The third-order valence-electron chi connectivity index (χ3n) is 4.04. The van der Waals surface area contributed by atoms with Crippen molar-refractivity contribution in [3.63, 3.8) is 0 Å². The summed E-state index contributed by atoms with van der Waals surface area (Å²) in [5.41, 5.74) is 3.92. The highest BCUT2D eigenvalue weighted by Gasteiger charge is 2.19. The molecule has 0 aliphatic carbocycles. The fourth-order valence-electron chi connectivity index (χ4n) is 2.64. The summed E-state index contributed by atoms with van der Waals surface area (Å²) in [7, 11) is 0. The summed E-state index contributed by atoms with van der Waals surface area (Å²) in [5, 5.41) is 11.4. The molecule has 1 N–H and O–H groups in total. The number of carbonyl (C=O) groups excluding carboxylic acids is 1. The molecule has 6 heteroatoms. The van der Waals surface area contributed by atoms with Crippen molar-refractivity contribution in [2.75, 3.05) is 11.1 Å². The van der Waals surface area contributed by atoms with Gasteiger partial charge in [-0.3, -0.25) is 4.79 Å². The van der Waals surface area contributed by atoms with Crippen LogP contribution in [0.15, 0.2) is 58.2 Å². The van der Waals surface area contributed by atoms with Crippen LogP contribution in [0.4, 0.5) is 5.69 Å². The Morgan fingerprint density at radius 1 is 1.07 bits per heavy atom. The van der Waals surface area contributed by atoms with E-state index in [2.05, 4.69) is 36.3 Å². The van der Waals surface area contributed by atoms with Gasteiger partial charge in [0, 0.05) is 11.3 Å². The highest BCUT2D eigenvalue weighted by molar-refractivity contribution is 7.99. The molecule has 2 aromatic carbocycles. The molecule has 1 aromatic heterocycles. The summed E-state index contributed by atoms with van der Waals surface area (Å²) in [6.07, 6.45) is 0. The normalized spacial score (nSPS) is 11.4. The predicted octanol–water partition coefficient (Wildman–Crippen LogP) is 5.07. The maximum atomic E-state index is 12.4. The van der Waals surface area contributed by atoms with Crippen molar-refractivity contribution in [2.45, 2.75) is 38.3 Å². The molecule has 27 heavy (non-hydrogen) atoms. The molecule has 0 fully saturated rings. The number of carbonyl (C=O) groups is 1. The van der Waals surface area contributed by atoms with Crippen LogP contribution in [0.1, 0.15) is 31.9 Å². The lowest BCUT2D eigenvalue weighted by atomic mass is 9.86. The van der Waals surface area contributed by atoms with E-state index in [0.29, 0.717) is 11.1 Å². The topological polar surface area (TPSA) is 68.0 Å². The van der Waals surface area contributed by atoms with Gasteiger partial charge in [-0.15, -0.1) is 10.2 Å². The number of anilines is 1. The Labute approximate surface area is 163 Å². The van der Waals surface area contributed by atoms with Crippen LogP contribution in [0.5, 0.6) is 0 Å². The van der Waals surface area contributed by atoms with Crippen molar-refractivity contribution >= 4 is 23.4 Å². The molecule has 1 heterocycles. The van der Waals surface area contributed by atoms with Crippen LogP contribution < -0.4 is 5.32 Å². The highest BCUT2D eigenvalue weighted by atomic mass is 32.2. The van der Waals surface area contributed by atoms with Crippen molar-refractivity contribution in [1.29, 1.82) is 0 Å². The van der Waals surface area contributed by atoms with Crippen molar-refractivity contribution in [3.05, 3.63) is 59.7 Å². The fraction of sp³-hybridized carbons (Fsp3) is 0.286. The number of amides is 1. The van der Waals surface area contributed by atoms with Gasteiger partial charge < -0.3 is 9.73 Å². The summed E-state index contributed by atoms with van der Waals surface area (Å²) >= 11 is 1.23. The standard InChI is InChI=1S/C21H23N3O2S/c1-14-9-11-15(12-10-14)19-23-24-20(26-19)27-13-18(25)22-17-8-6-5-7-16(17)21(2,3)4/h5-12H,13H2,1-4H3,(H,22,25). The van der Waals surface area contributed by atoms with Crippen LogP contribution in [0.25, 0.3) is 11.5 Å². The molecule has 0 radical (unpaired) electrons. The lowest BCUT2D eigenvalue weighted by Gasteiger charge is -2.22. The first-order chi connectivity index (χ1) is 12.8. The number of benzene rings is 2. The zero-order valence-corrected chi connectivity index (χ0v) is 16.8. The maximum Gasteiger partial charge on any atom is 0.277 e. The minimum atomic E-state index is -0.105. The van der Waals surface area contributed by atoms with Crippen LogP contribution in [-0.4, -0.2) is 21.9 Å². The Kier molecular flexibility index (Phi) is 5.65. The van der Waals surface area contributed by atoms with Crippen molar-refractivity contribution < 1.29 is 9.21 Å². The molecular formula is C21H23N3O2S. The minimum Gasteiger partial charge on any atom is -0.411 e. The van der Waals surface area contributed by atoms with Gasteiger partial charge >= 0.3 is 0 Å². The number of nitrogens with zero attached hydrogens (tertiary/aromatic N) is 2. The van der Waals surface area contributed by atoms with Crippen molar-refractivity contribution in [1.82, 2.24) is 10.2 Å². The van der Waals surface area contributed by atoms with E-state index in [4.69, 9.17) is 4.42 Å². The first-order valence-electron chi connectivity index (χ1n) is 8.75. The van der Waals surface area contributed by atoms with Crippen LogP contribution in [-0.2, 0) is 10.2 Å². The molecular weight excluding hydrogens is 358 g/mol. The number of aryl methyl sites for hydroxylation is 1. The number of para-hydroxylation sites is 1. The van der Waals surface area contributed by atoms with Gasteiger partial charge in [-0.1, -0.05) is 68.4 Å². The summed E-state index contributed by atoms with van der Waals surface area (Å²) in [6.45, 7) is 8.39. The number of aromatic nitrogens is 2. The number of hydrogen-bond donors (Lipinski definition) is 1. The molecule has 5 nitrogen and oxygen atoms in total. The lowest BCUT2D eigenvalue weighted by molar-refractivity contribution is -0.113.